The Bertz CT molecular complexity index is 1010. The quantitative estimate of drug-likeness (QED) is 0.658. The third-order valence-corrected chi connectivity index (χ3v) is 6.62. The van der Waals surface area contributed by atoms with Gasteiger partial charge in [0, 0.05) is 18.7 Å². The summed E-state index contributed by atoms with van der Waals surface area (Å²) in [4.78, 5) is 3.85. The van der Waals surface area contributed by atoms with Gasteiger partial charge in [-0.2, -0.15) is 0 Å². The summed E-state index contributed by atoms with van der Waals surface area (Å²) in [7, 11) is 0. The first kappa shape index (κ1) is 17.8. The molecular weight excluding hydrogens is 377 g/mol. The predicted octanol–water partition coefficient (Wildman–Crippen LogP) is 4.20. The number of hydrogen-bond donors (Lipinski definition) is 1. The molecule has 2 aromatic heterocycles. The lowest BCUT2D eigenvalue weighted by Gasteiger charge is -2.36. The normalized spacial score (nSPS) is 24.3. The molecule has 0 bridgehead atoms. The van der Waals surface area contributed by atoms with E-state index in [9.17, 15) is 4.39 Å². The predicted molar refractivity (Wildman–Crippen MR) is 105 cm³/mol. The number of fused-ring (bicyclic) bond motifs is 3. The lowest BCUT2D eigenvalue weighted by Crippen LogP contribution is -2.26. The molecule has 0 spiro atoms. The van der Waals surface area contributed by atoms with E-state index in [-0.39, 0.29) is 11.7 Å². The molecule has 3 heterocycles. The fraction of sp³-hybridized carbons (Fsp3) is 0.381. The van der Waals surface area contributed by atoms with Gasteiger partial charge >= 0.3 is 0 Å². The summed E-state index contributed by atoms with van der Waals surface area (Å²) in [6.07, 6.45) is 6.70. The SMILES string of the molecule is Fc1cccnc1C1CCC(Cl)(c2ccc3c(c2)CNCc2nncn2-3)CC1. The van der Waals surface area contributed by atoms with E-state index in [2.05, 4.69) is 38.7 Å². The molecule has 0 atom stereocenters. The van der Waals surface area contributed by atoms with Crippen molar-refractivity contribution in [1.82, 2.24) is 25.1 Å². The van der Waals surface area contributed by atoms with Crippen LogP contribution in [0.2, 0.25) is 0 Å². The van der Waals surface area contributed by atoms with Gasteiger partial charge in [-0.15, -0.1) is 21.8 Å². The zero-order chi connectivity index (χ0) is 19.1. The van der Waals surface area contributed by atoms with Crippen LogP contribution in [-0.4, -0.2) is 19.7 Å². The summed E-state index contributed by atoms with van der Waals surface area (Å²) in [6, 6.07) is 9.55. The summed E-state index contributed by atoms with van der Waals surface area (Å²) in [5.74, 6) is 0.829. The standard InChI is InChI=1S/C21H21ClFN5/c22-21(7-5-14(6-8-21)20-17(23)2-1-9-25-20)16-3-4-18-15(10-16)11-24-12-19-27-26-13-28(18)19/h1-4,9-10,13-14,24H,5-8,11-12H2. The fourth-order valence-electron chi connectivity index (χ4n) is 4.47. The number of benzene rings is 1. The molecule has 5 nitrogen and oxygen atoms in total. The maximum atomic E-state index is 14.1. The highest BCUT2D eigenvalue weighted by atomic mass is 35.5. The molecule has 0 saturated heterocycles. The van der Waals surface area contributed by atoms with Gasteiger partial charge in [0.05, 0.1) is 22.8 Å². The van der Waals surface area contributed by atoms with Crippen molar-refractivity contribution in [2.75, 3.05) is 0 Å². The Labute approximate surface area is 168 Å². The number of aromatic nitrogens is 4. The van der Waals surface area contributed by atoms with Gasteiger partial charge in [0.25, 0.3) is 0 Å². The summed E-state index contributed by atoms with van der Waals surface area (Å²) in [6.45, 7) is 1.45. The lowest BCUT2D eigenvalue weighted by molar-refractivity contribution is 0.348. The molecular formula is C21H21ClFN5. The number of nitrogens with one attached hydrogen (secondary N) is 1. The molecule has 144 valence electrons. The molecule has 1 N–H and O–H groups in total. The van der Waals surface area contributed by atoms with Crippen LogP contribution in [0.1, 0.15) is 54.2 Å². The minimum atomic E-state index is -0.418. The Morgan fingerprint density at radius 2 is 2.04 bits per heavy atom. The lowest BCUT2D eigenvalue weighted by atomic mass is 9.76. The second-order valence-electron chi connectivity index (χ2n) is 7.67. The van der Waals surface area contributed by atoms with Gasteiger partial charge in [-0.3, -0.25) is 9.55 Å². The van der Waals surface area contributed by atoms with Gasteiger partial charge in [0.1, 0.15) is 12.1 Å². The van der Waals surface area contributed by atoms with Crippen LogP contribution in [0, 0.1) is 5.82 Å². The molecule has 5 rings (SSSR count). The zero-order valence-corrected chi connectivity index (χ0v) is 16.2. The van der Waals surface area contributed by atoms with E-state index in [0.29, 0.717) is 12.2 Å². The van der Waals surface area contributed by atoms with Crippen LogP contribution in [0.5, 0.6) is 0 Å². The van der Waals surface area contributed by atoms with Crippen molar-refractivity contribution >= 4 is 11.6 Å². The molecule has 0 amide bonds. The van der Waals surface area contributed by atoms with Crippen LogP contribution in [-0.2, 0) is 18.0 Å². The first-order chi connectivity index (χ1) is 13.6. The van der Waals surface area contributed by atoms with E-state index in [1.807, 2.05) is 4.57 Å². The monoisotopic (exact) mass is 397 g/mol. The average molecular weight is 398 g/mol. The number of hydrogen-bond acceptors (Lipinski definition) is 4. The molecule has 0 unspecified atom stereocenters. The van der Waals surface area contributed by atoms with Gasteiger partial charge in [-0.25, -0.2) is 4.39 Å². The smallest absolute Gasteiger partial charge is 0.151 e. The number of pyridine rings is 1. The van der Waals surface area contributed by atoms with Crippen molar-refractivity contribution in [3.63, 3.8) is 0 Å². The Balaban J connectivity index is 1.40. The number of rotatable bonds is 2. The third-order valence-electron chi connectivity index (χ3n) is 6.03. The number of nitrogens with zero attached hydrogens (tertiary/aromatic N) is 4. The van der Waals surface area contributed by atoms with Gasteiger partial charge < -0.3 is 5.32 Å². The zero-order valence-electron chi connectivity index (χ0n) is 15.4. The third kappa shape index (κ3) is 3.01. The molecule has 1 fully saturated rings. The summed E-state index contributed by atoms with van der Waals surface area (Å²) in [5.41, 5.74) is 3.99. The van der Waals surface area contributed by atoms with Crippen molar-refractivity contribution in [3.8, 4) is 5.69 Å². The second-order valence-corrected chi connectivity index (χ2v) is 8.40. The van der Waals surface area contributed by atoms with Crippen LogP contribution in [0.4, 0.5) is 4.39 Å². The molecule has 7 heteroatoms. The van der Waals surface area contributed by atoms with E-state index in [1.165, 1.54) is 11.6 Å². The van der Waals surface area contributed by atoms with Gasteiger partial charge in [0.2, 0.25) is 0 Å². The van der Waals surface area contributed by atoms with Gasteiger partial charge in [-0.1, -0.05) is 12.1 Å². The van der Waals surface area contributed by atoms with E-state index in [0.717, 1.165) is 49.3 Å². The summed E-state index contributed by atoms with van der Waals surface area (Å²) in [5, 5.41) is 11.6. The Morgan fingerprint density at radius 3 is 2.86 bits per heavy atom. The maximum absolute atomic E-state index is 14.1. The Hall–Kier alpha value is -2.31. The van der Waals surface area contributed by atoms with E-state index in [4.69, 9.17) is 11.6 Å². The van der Waals surface area contributed by atoms with E-state index in [1.54, 1.807) is 18.6 Å². The summed E-state index contributed by atoms with van der Waals surface area (Å²) >= 11 is 7.09. The van der Waals surface area contributed by atoms with E-state index >= 15 is 0 Å². The first-order valence-corrected chi connectivity index (χ1v) is 10.0. The van der Waals surface area contributed by atoms with Crippen LogP contribution >= 0.6 is 11.6 Å². The van der Waals surface area contributed by atoms with Crippen LogP contribution in [0.25, 0.3) is 5.69 Å². The molecule has 2 aliphatic rings. The Morgan fingerprint density at radius 1 is 1.18 bits per heavy atom. The van der Waals surface area contributed by atoms with Gasteiger partial charge in [-0.05, 0) is 55.0 Å². The van der Waals surface area contributed by atoms with Crippen LogP contribution in [0.3, 0.4) is 0 Å². The Kier molecular flexibility index (Phi) is 4.40. The van der Waals surface area contributed by atoms with Crippen LogP contribution in [0.15, 0.2) is 42.9 Å². The van der Waals surface area contributed by atoms with Crippen molar-refractivity contribution in [1.29, 1.82) is 0 Å². The highest BCUT2D eigenvalue weighted by molar-refractivity contribution is 6.24. The minimum Gasteiger partial charge on any atom is -0.306 e. The molecule has 1 aromatic carbocycles. The molecule has 28 heavy (non-hydrogen) atoms. The molecule has 1 aliphatic carbocycles. The van der Waals surface area contributed by atoms with Crippen molar-refractivity contribution in [2.45, 2.75) is 49.6 Å². The largest absolute Gasteiger partial charge is 0.306 e. The van der Waals surface area contributed by atoms with Crippen molar-refractivity contribution in [2.24, 2.45) is 0 Å². The number of halogens is 2. The van der Waals surface area contributed by atoms with Crippen molar-refractivity contribution < 1.29 is 4.39 Å². The highest BCUT2D eigenvalue weighted by Gasteiger charge is 2.37. The fourth-order valence-corrected chi connectivity index (χ4v) is 4.80. The summed E-state index contributed by atoms with van der Waals surface area (Å²) < 4.78 is 16.1. The first-order valence-electron chi connectivity index (χ1n) is 9.67. The molecule has 0 radical (unpaired) electrons. The molecule has 3 aromatic rings. The highest BCUT2D eigenvalue weighted by Crippen LogP contribution is 2.48. The second kappa shape index (κ2) is 6.94. The number of alkyl halides is 1. The topological polar surface area (TPSA) is 55.6 Å². The average Bonchev–Trinajstić information content (AvgIpc) is 3.10. The molecule has 1 saturated carbocycles. The van der Waals surface area contributed by atoms with Crippen LogP contribution < -0.4 is 5.32 Å². The van der Waals surface area contributed by atoms with Gasteiger partial charge in [0.15, 0.2) is 5.82 Å². The van der Waals surface area contributed by atoms with E-state index < -0.39 is 4.87 Å². The van der Waals surface area contributed by atoms with Crippen molar-refractivity contribution in [3.05, 3.63) is 71.3 Å². The molecule has 1 aliphatic heterocycles. The maximum Gasteiger partial charge on any atom is 0.151 e. The minimum absolute atomic E-state index is 0.134.